The van der Waals surface area contributed by atoms with Gasteiger partial charge in [-0.1, -0.05) is 44.6 Å². The molecular weight excluding hydrogens is 184 g/mol. The molecule has 0 aromatic rings. The van der Waals surface area contributed by atoms with E-state index in [9.17, 15) is 4.79 Å². The smallest absolute Gasteiger partial charge is 0.126 e. The third-order valence-corrected chi connectivity index (χ3v) is 3.41. The lowest BCUT2D eigenvalue weighted by Crippen LogP contribution is -2.26. The molecule has 1 heteroatoms. The molecule has 0 bridgehead atoms. The standard InChI is InChI=1S/C14H22O/c1-11(10-15)7-8-13-12(2)6-5-9-14(13,3)4/h6-8,10-11,13H,5,9H2,1-4H3/b8-7+/t11-,13+/m0/s1. The van der Waals surface area contributed by atoms with Crippen molar-refractivity contribution in [2.45, 2.75) is 40.5 Å². The highest BCUT2D eigenvalue weighted by Crippen LogP contribution is 2.41. The number of aldehydes is 1. The maximum atomic E-state index is 10.6. The molecule has 0 fully saturated rings. The SMILES string of the molecule is CC1=CCCC(C)(C)[C@@H]1/C=C/[C@H](C)C=O. The topological polar surface area (TPSA) is 17.1 Å². The van der Waals surface area contributed by atoms with E-state index >= 15 is 0 Å². The van der Waals surface area contributed by atoms with Gasteiger partial charge in [0.25, 0.3) is 0 Å². The summed E-state index contributed by atoms with van der Waals surface area (Å²) in [6.07, 6.45) is 9.98. The zero-order valence-corrected chi connectivity index (χ0v) is 10.3. The predicted molar refractivity (Wildman–Crippen MR) is 64.6 cm³/mol. The van der Waals surface area contributed by atoms with Gasteiger partial charge in [0.1, 0.15) is 6.29 Å². The summed E-state index contributed by atoms with van der Waals surface area (Å²) < 4.78 is 0. The highest BCUT2D eigenvalue weighted by molar-refractivity contribution is 5.55. The predicted octanol–water partition coefficient (Wildman–Crippen LogP) is 3.76. The number of carbonyl (C=O) groups is 1. The molecule has 0 saturated heterocycles. The van der Waals surface area contributed by atoms with Crippen LogP contribution in [0.4, 0.5) is 0 Å². The molecule has 0 saturated carbocycles. The molecule has 84 valence electrons. The molecule has 1 nitrogen and oxygen atoms in total. The van der Waals surface area contributed by atoms with Crippen molar-refractivity contribution < 1.29 is 4.79 Å². The highest BCUT2D eigenvalue weighted by Gasteiger charge is 2.30. The minimum absolute atomic E-state index is 0.0375. The third kappa shape index (κ3) is 3.05. The number of rotatable bonds is 3. The van der Waals surface area contributed by atoms with E-state index in [1.165, 1.54) is 18.4 Å². The van der Waals surface area contributed by atoms with Crippen molar-refractivity contribution in [2.75, 3.05) is 0 Å². The molecule has 0 unspecified atom stereocenters. The average Bonchev–Trinajstić information content (AvgIpc) is 2.15. The van der Waals surface area contributed by atoms with Crippen molar-refractivity contribution in [2.24, 2.45) is 17.3 Å². The lowest BCUT2D eigenvalue weighted by molar-refractivity contribution is -0.109. The summed E-state index contributed by atoms with van der Waals surface area (Å²) in [6.45, 7) is 8.74. The molecule has 0 aromatic heterocycles. The Hall–Kier alpha value is -0.850. The molecule has 0 radical (unpaired) electrons. The number of hydrogen-bond acceptors (Lipinski definition) is 1. The molecule has 1 aliphatic rings. The van der Waals surface area contributed by atoms with Crippen LogP contribution in [0.25, 0.3) is 0 Å². The van der Waals surface area contributed by atoms with Gasteiger partial charge in [-0.15, -0.1) is 0 Å². The molecule has 0 spiro atoms. The summed E-state index contributed by atoms with van der Waals surface area (Å²) in [5, 5.41) is 0. The minimum atomic E-state index is 0.0375. The zero-order valence-electron chi connectivity index (χ0n) is 10.3. The summed E-state index contributed by atoms with van der Waals surface area (Å²) in [4.78, 5) is 10.6. The Labute approximate surface area is 93.3 Å². The van der Waals surface area contributed by atoms with Crippen molar-refractivity contribution in [1.29, 1.82) is 0 Å². The molecule has 1 aliphatic carbocycles. The van der Waals surface area contributed by atoms with Gasteiger partial charge in [0, 0.05) is 11.8 Å². The van der Waals surface area contributed by atoms with Crippen LogP contribution >= 0.6 is 0 Å². The van der Waals surface area contributed by atoms with Gasteiger partial charge in [-0.25, -0.2) is 0 Å². The molecule has 0 aliphatic heterocycles. The van der Waals surface area contributed by atoms with Gasteiger partial charge in [0.15, 0.2) is 0 Å². The largest absolute Gasteiger partial charge is 0.303 e. The van der Waals surface area contributed by atoms with Crippen LogP contribution in [-0.2, 0) is 4.79 Å². The average molecular weight is 206 g/mol. The van der Waals surface area contributed by atoms with Gasteiger partial charge >= 0.3 is 0 Å². The lowest BCUT2D eigenvalue weighted by atomic mass is 9.68. The first kappa shape index (κ1) is 12.2. The molecule has 0 aromatic carbocycles. The van der Waals surface area contributed by atoms with E-state index in [-0.39, 0.29) is 5.92 Å². The van der Waals surface area contributed by atoms with E-state index < -0.39 is 0 Å². The molecule has 0 heterocycles. The summed E-state index contributed by atoms with van der Waals surface area (Å²) in [5.74, 6) is 0.532. The van der Waals surface area contributed by atoms with Gasteiger partial charge in [-0.3, -0.25) is 0 Å². The van der Waals surface area contributed by atoms with Crippen LogP contribution in [0, 0.1) is 17.3 Å². The molecule has 0 N–H and O–H groups in total. The van der Waals surface area contributed by atoms with E-state index in [4.69, 9.17) is 0 Å². The Morgan fingerprint density at radius 1 is 1.53 bits per heavy atom. The van der Waals surface area contributed by atoms with Gasteiger partial charge < -0.3 is 4.79 Å². The highest BCUT2D eigenvalue weighted by atomic mass is 16.1. The minimum Gasteiger partial charge on any atom is -0.303 e. The van der Waals surface area contributed by atoms with Gasteiger partial charge in [0.2, 0.25) is 0 Å². The Bertz CT molecular complexity index is 284. The van der Waals surface area contributed by atoms with Crippen LogP contribution in [0.1, 0.15) is 40.5 Å². The van der Waals surface area contributed by atoms with Crippen LogP contribution in [-0.4, -0.2) is 6.29 Å². The van der Waals surface area contributed by atoms with Crippen molar-refractivity contribution in [3.63, 3.8) is 0 Å². The van der Waals surface area contributed by atoms with Crippen molar-refractivity contribution in [1.82, 2.24) is 0 Å². The zero-order chi connectivity index (χ0) is 11.5. The van der Waals surface area contributed by atoms with Crippen LogP contribution in [0.15, 0.2) is 23.8 Å². The summed E-state index contributed by atoms with van der Waals surface area (Å²) in [6, 6.07) is 0. The molecule has 0 amide bonds. The first-order valence-corrected chi connectivity index (χ1v) is 5.77. The third-order valence-electron chi connectivity index (χ3n) is 3.41. The van der Waals surface area contributed by atoms with Crippen LogP contribution < -0.4 is 0 Å². The van der Waals surface area contributed by atoms with E-state index in [1.54, 1.807) is 0 Å². The Morgan fingerprint density at radius 2 is 2.20 bits per heavy atom. The monoisotopic (exact) mass is 206 g/mol. The van der Waals surface area contributed by atoms with Crippen LogP contribution in [0.5, 0.6) is 0 Å². The summed E-state index contributed by atoms with van der Waals surface area (Å²) in [7, 11) is 0. The number of allylic oxidation sites excluding steroid dienone is 4. The second-order valence-corrected chi connectivity index (χ2v) is 5.33. The number of carbonyl (C=O) groups excluding carboxylic acids is 1. The first-order valence-electron chi connectivity index (χ1n) is 5.77. The lowest BCUT2D eigenvalue weighted by Gasteiger charge is -2.36. The van der Waals surface area contributed by atoms with E-state index in [1.807, 2.05) is 13.0 Å². The summed E-state index contributed by atoms with van der Waals surface area (Å²) in [5.41, 5.74) is 1.78. The number of hydrogen-bond donors (Lipinski definition) is 0. The van der Waals surface area contributed by atoms with Crippen molar-refractivity contribution >= 4 is 6.29 Å². The maximum absolute atomic E-state index is 10.6. The fourth-order valence-corrected chi connectivity index (χ4v) is 2.31. The molecule has 15 heavy (non-hydrogen) atoms. The molecule has 2 atom stereocenters. The van der Waals surface area contributed by atoms with Crippen LogP contribution in [0.2, 0.25) is 0 Å². The fourth-order valence-electron chi connectivity index (χ4n) is 2.31. The van der Waals surface area contributed by atoms with E-state index in [0.717, 1.165) is 6.29 Å². The first-order chi connectivity index (χ1) is 6.97. The Kier molecular flexibility index (Phi) is 3.90. The summed E-state index contributed by atoms with van der Waals surface area (Å²) >= 11 is 0. The van der Waals surface area contributed by atoms with Gasteiger partial charge in [-0.05, 0) is 25.2 Å². The second kappa shape index (κ2) is 4.78. The fraction of sp³-hybridized carbons (Fsp3) is 0.643. The van der Waals surface area contributed by atoms with Gasteiger partial charge in [-0.2, -0.15) is 0 Å². The molecule has 1 rings (SSSR count). The Balaban J connectivity index is 2.81. The maximum Gasteiger partial charge on any atom is 0.126 e. The quantitative estimate of drug-likeness (QED) is 0.507. The normalized spacial score (nSPS) is 27.5. The Morgan fingerprint density at radius 3 is 2.73 bits per heavy atom. The van der Waals surface area contributed by atoms with E-state index in [0.29, 0.717) is 11.3 Å². The van der Waals surface area contributed by atoms with Crippen LogP contribution in [0.3, 0.4) is 0 Å². The van der Waals surface area contributed by atoms with Gasteiger partial charge in [0.05, 0.1) is 0 Å². The van der Waals surface area contributed by atoms with Crippen molar-refractivity contribution in [3.8, 4) is 0 Å². The molecular formula is C14H22O. The van der Waals surface area contributed by atoms with E-state index in [2.05, 4.69) is 32.9 Å². The van der Waals surface area contributed by atoms with Crippen molar-refractivity contribution in [3.05, 3.63) is 23.8 Å². The second-order valence-electron chi connectivity index (χ2n) is 5.33.